The third kappa shape index (κ3) is 1.97. The van der Waals surface area contributed by atoms with E-state index in [2.05, 4.69) is 4.98 Å². The zero-order valence-corrected chi connectivity index (χ0v) is 8.46. The minimum Gasteiger partial charge on any atom is -0.395 e. The average molecular weight is 232 g/mol. The van der Waals surface area contributed by atoms with Crippen molar-refractivity contribution in [3.05, 3.63) is 23.4 Å². The highest BCUT2D eigenvalue weighted by Crippen LogP contribution is 2.33. The predicted molar refractivity (Wildman–Crippen MR) is 52.2 cm³/mol. The van der Waals surface area contributed by atoms with Crippen molar-refractivity contribution in [2.75, 3.05) is 24.6 Å². The first-order valence-electron chi connectivity index (χ1n) is 4.94. The highest BCUT2D eigenvalue weighted by molar-refractivity contribution is 5.53. The normalized spacial score (nSPS) is 15.4. The summed E-state index contributed by atoms with van der Waals surface area (Å²) in [6.45, 7) is 0.998. The molecule has 2 heterocycles. The van der Waals surface area contributed by atoms with Gasteiger partial charge in [0.2, 0.25) is 0 Å². The summed E-state index contributed by atoms with van der Waals surface area (Å²) >= 11 is 0. The minimum absolute atomic E-state index is 0.0257. The van der Waals surface area contributed by atoms with E-state index in [9.17, 15) is 13.2 Å². The fraction of sp³-hybridized carbons (Fsp3) is 0.500. The van der Waals surface area contributed by atoms with Crippen molar-refractivity contribution in [1.82, 2.24) is 4.98 Å². The Hall–Kier alpha value is -1.30. The lowest BCUT2D eigenvalue weighted by Gasteiger charge is -2.16. The van der Waals surface area contributed by atoms with Crippen molar-refractivity contribution in [3.63, 3.8) is 0 Å². The Labute approximate surface area is 90.5 Å². The Morgan fingerprint density at radius 2 is 2.19 bits per heavy atom. The molecule has 1 aliphatic rings. The zero-order valence-electron chi connectivity index (χ0n) is 8.46. The second kappa shape index (κ2) is 3.93. The highest BCUT2D eigenvalue weighted by atomic mass is 19.4. The van der Waals surface area contributed by atoms with Crippen LogP contribution in [-0.2, 0) is 12.6 Å². The van der Waals surface area contributed by atoms with Crippen LogP contribution >= 0.6 is 0 Å². The third-order valence-electron chi connectivity index (χ3n) is 2.59. The fourth-order valence-electron chi connectivity index (χ4n) is 1.83. The van der Waals surface area contributed by atoms with E-state index in [-0.39, 0.29) is 6.61 Å². The number of aliphatic hydroxyl groups excluding tert-OH is 1. The van der Waals surface area contributed by atoms with Gasteiger partial charge in [0.1, 0.15) is 5.82 Å². The Kier molecular flexibility index (Phi) is 2.75. The standard InChI is InChI=1S/C10H11F3N2O/c11-10(12,13)8-5-7-1-2-15(3-4-16)9(7)14-6-8/h5-6,16H,1-4H2. The van der Waals surface area contributed by atoms with Gasteiger partial charge in [-0.2, -0.15) is 13.2 Å². The molecule has 0 radical (unpaired) electrons. The summed E-state index contributed by atoms with van der Waals surface area (Å²) < 4.78 is 37.2. The SMILES string of the molecule is OCCN1CCc2cc(C(F)(F)F)cnc21. The van der Waals surface area contributed by atoms with Gasteiger partial charge in [0, 0.05) is 19.3 Å². The van der Waals surface area contributed by atoms with Gasteiger partial charge in [-0.25, -0.2) is 4.98 Å². The number of nitrogens with zero attached hydrogens (tertiary/aromatic N) is 2. The van der Waals surface area contributed by atoms with Gasteiger partial charge in [-0.05, 0) is 18.1 Å². The molecule has 0 saturated carbocycles. The maximum atomic E-state index is 12.4. The second-order valence-corrected chi connectivity index (χ2v) is 3.67. The lowest BCUT2D eigenvalue weighted by atomic mass is 10.1. The number of halogens is 3. The zero-order chi connectivity index (χ0) is 11.8. The summed E-state index contributed by atoms with van der Waals surface area (Å²) in [7, 11) is 0. The Bertz CT molecular complexity index is 392. The van der Waals surface area contributed by atoms with Crippen molar-refractivity contribution in [2.45, 2.75) is 12.6 Å². The van der Waals surface area contributed by atoms with E-state index in [1.54, 1.807) is 4.90 Å². The Balaban J connectivity index is 2.29. The first kappa shape index (κ1) is 11.2. The lowest BCUT2D eigenvalue weighted by Crippen LogP contribution is -2.24. The molecule has 3 nitrogen and oxygen atoms in total. The number of aliphatic hydroxyl groups is 1. The molecule has 2 rings (SSSR count). The molecule has 0 saturated heterocycles. The molecule has 0 aliphatic carbocycles. The maximum Gasteiger partial charge on any atom is 0.417 e. The van der Waals surface area contributed by atoms with E-state index in [0.717, 1.165) is 12.3 Å². The maximum absolute atomic E-state index is 12.4. The number of hydrogen-bond donors (Lipinski definition) is 1. The van der Waals surface area contributed by atoms with E-state index in [4.69, 9.17) is 5.11 Å². The van der Waals surface area contributed by atoms with Crippen LogP contribution in [0.1, 0.15) is 11.1 Å². The van der Waals surface area contributed by atoms with Gasteiger partial charge in [-0.1, -0.05) is 0 Å². The van der Waals surface area contributed by atoms with E-state index >= 15 is 0 Å². The summed E-state index contributed by atoms with van der Waals surface area (Å²) in [4.78, 5) is 5.61. The molecule has 88 valence electrons. The number of aromatic nitrogens is 1. The van der Waals surface area contributed by atoms with Gasteiger partial charge < -0.3 is 10.0 Å². The largest absolute Gasteiger partial charge is 0.417 e. The first-order chi connectivity index (χ1) is 7.52. The smallest absolute Gasteiger partial charge is 0.395 e. The van der Waals surface area contributed by atoms with E-state index in [1.807, 2.05) is 0 Å². The highest BCUT2D eigenvalue weighted by Gasteiger charge is 2.33. The number of pyridine rings is 1. The van der Waals surface area contributed by atoms with Crippen LogP contribution in [0.25, 0.3) is 0 Å². The van der Waals surface area contributed by atoms with Crippen LogP contribution in [0.2, 0.25) is 0 Å². The van der Waals surface area contributed by atoms with Crippen molar-refractivity contribution < 1.29 is 18.3 Å². The third-order valence-corrected chi connectivity index (χ3v) is 2.59. The van der Waals surface area contributed by atoms with Crippen LogP contribution in [0.5, 0.6) is 0 Å². The number of alkyl halides is 3. The van der Waals surface area contributed by atoms with Gasteiger partial charge in [0.25, 0.3) is 0 Å². The predicted octanol–water partition coefficient (Wildman–Crippen LogP) is 1.46. The molecule has 0 bridgehead atoms. The number of fused-ring (bicyclic) bond motifs is 1. The molecular weight excluding hydrogens is 221 g/mol. The molecule has 0 fully saturated rings. The monoisotopic (exact) mass is 232 g/mol. The molecular formula is C10H11F3N2O. The Morgan fingerprint density at radius 3 is 2.81 bits per heavy atom. The van der Waals surface area contributed by atoms with Crippen molar-refractivity contribution in [2.24, 2.45) is 0 Å². The molecule has 0 unspecified atom stereocenters. The van der Waals surface area contributed by atoms with Crippen LogP contribution in [0.4, 0.5) is 19.0 Å². The number of β-amino-alcohol motifs (C(OH)–C–C–N with tert-alkyl or cyclic N) is 1. The molecule has 1 aromatic heterocycles. The van der Waals surface area contributed by atoms with Gasteiger partial charge in [-0.15, -0.1) is 0 Å². The summed E-state index contributed by atoms with van der Waals surface area (Å²) in [6, 6.07) is 1.14. The fourth-order valence-corrected chi connectivity index (χ4v) is 1.83. The summed E-state index contributed by atoms with van der Waals surface area (Å²) in [5.74, 6) is 0.557. The van der Waals surface area contributed by atoms with Crippen molar-refractivity contribution in [1.29, 1.82) is 0 Å². The van der Waals surface area contributed by atoms with Crippen LogP contribution in [0, 0.1) is 0 Å². The van der Waals surface area contributed by atoms with E-state index in [0.29, 0.717) is 30.9 Å². The second-order valence-electron chi connectivity index (χ2n) is 3.67. The van der Waals surface area contributed by atoms with Crippen molar-refractivity contribution in [3.8, 4) is 0 Å². The van der Waals surface area contributed by atoms with Gasteiger partial charge >= 0.3 is 6.18 Å². The van der Waals surface area contributed by atoms with Crippen LogP contribution in [0.3, 0.4) is 0 Å². The average Bonchev–Trinajstić information content (AvgIpc) is 2.60. The van der Waals surface area contributed by atoms with Crippen molar-refractivity contribution >= 4 is 5.82 Å². The number of hydrogen-bond acceptors (Lipinski definition) is 3. The molecule has 0 amide bonds. The van der Waals surface area contributed by atoms with Crippen LogP contribution in [-0.4, -0.2) is 29.8 Å². The summed E-state index contributed by atoms with van der Waals surface area (Å²) in [6.07, 6.45) is -2.95. The quantitative estimate of drug-likeness (QED) is 0.838. The summed E-state index contributed by atoms with van der Waals surface area (Å²) in [5.41, 5.74) is -0.111. The summed E-state index contributed by atoms with van der Waals surface area (Å²) in [5, 5.41) is 8.79. The Morgan fingerprint density at radius 1 is 1.44 bits per heavy atom. The van der Waals surface area contributed by atoms with E-state index in [1.165, 1.54) is 0 Å². The van der Waals surface area contributed by atoms with E-state index < -0.39 is 11.7 Å². The minimum atomic E-state index is -4.34. The lowest BCUT2D eigenvalue weighted by molar-refractivity contribution is -0.137. The molecule has 0 atom stereocenters. The van der Waals surface area contributed by atoms with Gasteiger partial charge in [0.15, 0.2) is 0 Å². The molecule has 1 aromatic rings. The molecule has 16 heavy (non-hydrogen) atoms. The van der Waals surface area contributed by atoms with Crippen LogP contribution in [0.15, 0.2) is 12.3 Å². The molecule has 1 N–H and O–H groups in total. The molecule has 0 spiro atoms. The van der Waals surface area contributed by atoms with Gasteiger partial charge in [-0.3, -0.25) is 0 Å². The molecule has 6 heteroatoms. The van der Waals surface area contributed by atoms with Crippen LogP contribution < -0.4 is 4.90 Å². The molecule has 0 aromatic carbocycles. The van der Waals surface area contributed by atoms with Gasteiger partial charge in [0.05, 0.1) is 12.2 Å². The topological polar surface area (TPSA) is 36.4 Å². The number of anilines is 1. The first-order valence-corrected chi connectivity index (χ1v) is 4.94. The number of rotatable bonds is 2. The molecule has 1 aliphatic heterocycles.